The van der Waals surface area contributed by atoms with Gasteiger partial charge in [-0.3, -0.25) is 9.59 Å². The van der Waals surface area contributed by atoms with Gasteiger partial charge in [0, 0.05) is 19.5 Å². The van der Waals surface area contributed by atoms with Crippen LogP contribution in [-0.4, -0.2) is 40.5 Å². The van der Waals surface area contributed by atoms with Crippen molar-refractivity contribution in [2.75, 3.05) is 7.05 Å². The molecule has 0 bridgehead atoms. The molecule has 0 aromatic heterocycles. The summed E-state index contributed by atoms with van der Waals surface area (Å²) in [5, 5.41) is 9.12. The Morgan fingerprint density at radius 3 is 2.37 bits per heavy atom. The van der Waals surface area contributed by atoms with E-state index < -0.39 is 11.5 Å². The van der Waals surface area contributed by atoms with Gasteiger partial charge in [0.1, 0.15) is 0 Å². The van der Waals surface area contributed by atoms with Crippen LogP contribution >= 0.6 is 0 Å². The molecule has 0 saturated heterocycles. The summed E-state index contributed by atoms with van der Waals surface area (Å²) in [6, 6.07) is -0.000806. The summed E-state index contributed by atoms with van der Waals surface area (Å²) in [4.78, 5) is 25.0. The number of carbonyl (C=O) groups excluding carboxylic acids is 1. The summed E-state index contributed by atoms with van der Waals surface area (Å²) in [7, 11) is 1.75. The first-order valence-electron chi connectivity index (χ1n) is 7.11. The van der Waals surface area contributed by atoms with E-state index in [1.165, 1.54) is 0 Å². The van der Waals surface area contributed by atoms with Gasteiger partial charge >= 0.3 is 5.97 Å². The maximum Gasteiger partial charge on any atom is 0.305 e. The second-order valence-electron chi connectivity index (χ2n) is 5.82. The first-order chi connectivity index (χ1) is 8.87. The molecular weight excluding hydrogens is 244 g/mol. The van der Waals surface area contributed by atoms with Gasteiger partial charge in [0.2, 0.25) is 5.91 Å². The van der Waals surface area contributed by atoms with Gasteiger partial charge in [-0.25, -0.2) is 0 Å². The lowest BCUT2D eigenvalue weighted by atomic mass is 9.78. The Morgan fingerprint density at radius 1 is 1.32 bits per heavy atom. The Balaban J connectivity index is 2.73. The molecule has 1 amide bonds. The van der Waals surface area contributed by atoms with Gasteiger partial charge in [-0.05, 0) is 26.2 Å². The minimum absolute atomic E-state index is 0.000806. The third-order valence-electron chi connectivity index (χ3n) is 4.16. The Hall–Kier alpha value is -1.10. The Labute approximate surface area is 115 Å². The second kappa shape index (κ2) is 6.89. The molecule has 0 aliphatic heterocycles. The number of amides is 1. The average Bonchev–Trinajstić information content (AvgIpc) is 2.35. The predicted molar refractivity (Wildman–Crippen MR) is 73.7 cm³/mol. The lowest BCUT2D eigenvalue weighted by molar-refractivity contribution is -0.146. The molecule has 19 heavy (non-hydrogen) atoms. The number of aliphatic carboxylic acids is 1. The van der Waals surface area contributed by atoms with Gasteiger partial charge in [0.25, 0.3) is 0 Å². The van der Waals surface area contributed by atoms with E-state index in [9.17, 15) is 9.59 Å². The first kappa shape index (κ1) is 16.0. The molecule has 1 aliphatic rings. The van der Waals surface area contributed by atoms with Crippen molar-refractivity contribution in [1.82, 2.24) is 4.90 Å². The van der Waals surface area contributed by atoms with Gasteiger partial charge in [0.05, 0.1) is 12.0 Å². The van der Waals surface area contributed by atoms with Gasteiger partial charge in [-0.2, -0.15) is 0 Å². The standard InChI is InChI=1S/C14H26N2O3/c1-11(15)6-7-12(17)16(2)14(10-13(18)19)8-4-3-5-9-14/h11H,3-10,15H2,1-2H3,(H,18,19). The number of nitrogens with zero attached hydrogens (tertiary/aromatic N) is 1. The van der Waals surface area contributed by atoms with E-state index >= 15 is 0 Å². The van der Waals surface area contributed by atoms with Crippen molar-refractivity contribution in [3.05, 3.63) is 0 Å². The first-order valence-corrected chi connectivity index (χ1v) is 7.11. The van der Waals surface area contributed by atoms with E-state index in [4.69, 9.17) is 10.8 Å². The van der Waals surface area contributed by atoms with Gasteiger partial charge in [0.15, 0.2) is 0 Å². The number of carbonyl (C=O) groups is 2. The van der Waals surface area contributed by atoms with E-state index in [0.29, 0.717) is 12.8 Å². The van der Waals surface area contributed by atoms with E-state index in [-0.39, 0.29) is 18.4 Å². The van der Waals surface area contributed by atoms with Crippen LogP contribution < -0.4 is 5.73 Å². The van der Waals surface area contributed by atoms with Crippen molar-refractivity contribution >= 4 is 11.9 Å². The predicted octanol–water partition coefficient (Wildman–Crippen LogP) is 1.75. The minimum Gasteiger partial charge on any atom is -0.481 e. The molecule has 1 aliphatic carbocycles. The topological polar surface area (TPSA) is 83.6 Å². The van der Waals surface area contributed by atoms with Crippen LogP contribution in [0.2, 0.25) is 0 Å². The maximum atomic E-state index is 12.2. The third-order valence-corrected chi connectivity index (χ3v) is 4.16. The largest absolute Gasteiger partial charge is 0.481 e. The highest BCUT2D eigenvalue weighted by Crippen LogP contribution is 2.36. The molecule has 0 radical (unpaired) electrons. The number of carboxylic acid groups (broad SMARTS) is 1. The molecule has 1 saturated carbocycles. The van der Waals surface area contributed by atoms with Gasteiger partial charge in [-0.1, -0.05) is 19.3 Å². The lowest BCUT2D eigenvalue weighted by Gasteiger charge is -2.44. The average molecular weight is 270 g/mol. The fraction of sp³-hybridized carbons (Fsp3) is 0.857. The second-order valence-corrected chi connectivity index (χ2v) is 5.82. The molecule has 3 N–H and O–H groups in total. The number of nitrogens with two attached hydrogens (primary N) is 1. The minimum atomic E-state index is -0.825. The summed E-state index contributed by atoms with van der Waals surface area (Å²) in [5.41, 5.74) is 5.18. The quantitative estimate of drug-likeness (QED) is 0.770. The summed E-state index contributed by atoms with van der Waals surface area (Å²) >= 11 is 0. The van der Waals surface area contributed by atoms with Crippen LogP contribution in [0.5, 0.6) is 0 Å². The molecule has 1 atom stereocenters. The van der Waals surface area contributed by atoms with E-state index in [2.05, 4.69) is 0 Å². The highest BCUT2D eigenvalue weighted by molar-refractivity contribution is 5.78. The summed E-state index contributed by atoms with van der Waals surface area (Å²) in [6.07, 6.45) is 5.80. The number of carboxylic acids is 1. The van der Waals surface area contributed by atoms with Crippen LogP contribution in [0.4, 0.5) is 0 Å². The normalized spacial score (nSPS) is 19.7. The van der Waals surface area contributed by atoms with Crippen molar-refractivity contribution in [2.24, 2.45) is 5.73 Å². The third kappa shape index (κ3) is 4.49. The van der Waals surface area contributed by atoms with Crippen LogP contribution in [0, 0.1) is 0 Å². The van der Waals surface area contributed by atoms with Crippen molar-refractivity contribution in [3.8, 4) is 0 Å². The zero-order valence-electron chi connectivity index (χ0n) is 12.0. The van der Waals surface area contributed by atoms with Crippen LogP contribution in [0.3, 0.4) is 0 Å². The summed E-state index contributed by atoms with van der Waals surface area (Å²) in [5.74, 6) is -0.811. The van der Waals surface area contributed by atoms with Crippen molar-refractivity contribution < 1.29 is 14.7 Å². The molecule has 5 nitrogen and oxygen atoms in total. The molecule has 0 aromatic carbocycles. The molecule has 1 rings (SSSR count). The Morgan fingerprint density at radius 2 is 1.89 bits per heavy atom. The molecule has 0 aromatic rings. The van der Waals surface area contributed by atoms with Gasteiger partial charge in [-0.15, -0.1) is 0 Å². The summed E-state index contributed by atoms with van der Waals surface area (Å²) < 4.78 is 0. The maximum absolute atomic E-state index is 12.2. The lowest BCUT2D eigenvalue weighted by Crippen LogP contribution is -2.52. The Kier molecular flexibility index (Phi) is 5.79. The Bertz CT molecular complexity index is 323. The van der Waals surface area contributed by atoms with E-state index in [1.807, 2.05) is 6.92 Å². The molecule has 5 heteroatoms. The molecule has 110 valence electrons. The van der Waals surface area contributed by atoms with Crippen LogP contribution in [0.15, 0.2) is 0 Å². The summed E-state index contributed by atoms with van der Waals surface area (Å²) in [6.45, 7) is 1.88. The molecule has 1 fully saturated rings. The zero-order valence-corrected chi connectivity index (χ0v) is 12.0. The number of hydrogen-bond donors (Lipinski definition) is 2. The molecule has 1 unspecified atom stereocenters. The van der Waals surface area contributed by atoms with Crippen molar-refractivity contribution in [3.63, 3.8) is 0 Å². The van der Waals surface area contributed by atoms with Crippen LogP contribution in [0.1, 0.15) is 58.3 Å². The SMILES string of the molecule is CC(N)CCC(=O)N(C)C1(CC(=O)O)CCCCC1. The highest BCUT2D eigenvalue weighted by Gasteiger charge is 2.40. The van der Waals surface area contributed by atoms with Crippen LogP contribution in [0.25, 0.3) is 0 Å². The fourth-order valence-electron chi connectivity index (χ4n) is 2.91. The highest BCUT2D eigenvalue weighted by atomic mass is 16.4. The smallest absolute Gasteiger partial charge is 0.305 e. The molecular formula is C14H26N2O3. The van der Waals surface area contributed by atoms with Crippen molar-refractivity contribution in [2.45, 2.75) is 69.9 Å². The van der Waals surface area contributed by atoms with E-state index in [1.54, 1.807) is 11.9 Å². The van der Waals surface area contributed by atoms with E-state index in [0.717, 1.165) is 32.1 Å². The zero-order chi connectivity index (χ0) is 14.5. The molecule has 0 spiro atoms. The monoisotopic (exact) mass is 270 g/mol. The number of rotatable bonds is 6. The van der Waals surface area contributed by atoms with Crippen molar-refractivity contribution in [1.29, 1.82) is 0 Å². The van der Waals surface area contributed by atoms with Gasteiger partial charge < -0.3 is 15.7 Å². The molecule has 0 heterocycles. The van der Waals surface area contributed by atoms with Crippen LogP contribution in [-0.2, 0) is 9.59 Å². The fourth-order valence-corrected chi connectivity index (χ4v) is 2.91. The number of hydrogen-bond acceptors (Lipinski definition) is 3.